The molecule has 0 aliphatic heterocycles. The molecule has 6 nitrogen and oxygen atoms in total. The number of ether oxygens (including phenoxy) is 1. The maximum Gasteiger partial charge on any atom is 1.00 e. The van der Waals surface area contributed by atoms with Gasteiger partial charge >= 0.3 is 35.5 Å². The fourth-order valence-electron chi connectivity index (χ4n) is 0.496. The Kier molecular flexibility index (Phi) is 10.3. The van der Waals surface area contributed by atoms with E-state index in [2.05, 4.69) is 52.5 Å². The van der Waals surface area contributed by atoms with E-state index in [0.29, 0.717) is 0 Å². The molecule has 0 aromatic rings. The first-order valence-corrected chi connectivity index (χ1v) is 5.83. The Morgan fingerprint density at radius 1 is 1.25 bits per heavy atom. The van der Waals surface area contributed by atoms with Crippen LogP contribution in [0, 0.1) is 0 Å². The van der Waals surface area contributed by atoms with Crippen molar-refractivity contribution in [1.29, 1.82) is 0 Å². The summed E-state index contributed by atoms with van der Waals surface area (Å²) in [4.78, 5) is 21.0. The van der Waals surface area contributed by atoms with Gasteiger partial charge in [0.1, 0.15) is 12.7 Å². The number of carboxylic acids is 1. The second-order valence-electron chi connectivity index (χ2n) is 2.43. The molecule has 0 radical (unpaired) electrons. The molecule has 0 heterocycles. The van der Waals surface area contributed by atoms with Gasteiger partial charge in [-0.05, 0) is 0 Å². The van der Waals surface area contributed by atoms with E-state index in [-0.39, 0.29) is 36.2 Å². The summed E-state index contributed by atoms with van der Waals surface area (Å²) < 4.78 is 3.59. The van der Waals surface area contributed by atoms with E-state index in [4.69, 9.17) is 10.2 Å². The molecule has 0 rings (SSSR count). The third kappa shape index (κ3) is 8.40. The average Bonchev–Trinajstić information content (AvgIpc) is 2.10. The monoisotopic (exact) mass is 434 g/mol. The molecule has 0 saturated heterocycles. The number of aliphatic hydroxyl groups excluding tert-OH is 2. The maximum atomic E-state index is 10.9. The number of carboxylic acid groups (broad SMARTS) is 1. The normalized spacial score (nSPS) is 14.6. The zero-order valence-electron chi connectivity index (χ0n) is 8.02. The smallest absolute Gasteiger partial charge is 0.547 e. The fraction of sp³-hybridized carbons (Fsp3) is 0.667. The van der Waals surface area contributed by atoms with Gasteiger partial charge in [-0.1, -0.05) is 47.8 Å². The summed E-state index contributed by atoms with van der Waals surface area (Å²) in [5, 5.41) is 27.8. The van der Waals surface area contributed by atoms with Gasteiger partial charge in [0.15, 0.2) is 8.25 Å². The topological polar surface area (TPSA) is 107 Å². The molecule has 88 valence electrons. The number of hydrogen-bond acceptors (Lipinski definition) is 6. The zero-order valence-corrected chi connectivity index (χ0v) is 14.8. The number of hydrogen-bond donors (Lipinski definition) is 2. The van der Waals surface area contributed by atoms with Gasteiger partial charge in [-0.25, -0.2) is 4.79 Å². The van der Waals surface area contributed by atoms with Gasteiger partial charge in [0.25, 0.3) is 0 Å². The van der Waals surface area contributed by atoms with E-state index in [9.17, 15) is 14.7 Å². The Labute approximate surface area is 138 Å². The maximum absolute atomic E-state index is 10.9. The Balaban J connectivity index is 0. The first kappa shape index (κ1) is 19.6. The van der Waals surface area contributed by atoms with Crippen LogP contribution in [0.25, 0.3) is 0 Å². The van der Waals surface area contributed by atoms with Crippen LogP contribution in [0.2, 0.25) is 0 Å². The molecule has 10 heteroatoms. The van der Waals surface area contributed by atoms with Crippen LogP contribution in [0.1, 0.15) is 0 Å². The quantitative estimate of drug-likeness (QED) is 0.263. The van der Waals surface area contributed by atoms with Crippen molar-refractivity contribution in [1.82, 2.24) is 0 Å². The largest absolute Gasteiger partial charge is 1.00 e. The first-order chi connectivity index (χ1) is 6.65. The molecular formula is C6H6Br3NaO6. The molecule has 0 amide bonds. The summed E-state index contributed by atoms with van der Waals surface area (Å²) in [6.07, 6.45) is -4.49. The minimum Gasteiger partial charge on any atom is -0.547 e. The van der Waals surface area contributed by atoms with Crippen LogP contribution in [0.4, 0.5) is 0 Å². The van der Waals surface area contributed by atoms with Crippen LogP contribution >= 0.6 is 47.8 Å². The van der Waals surface area contributed by atoms with Crippen LogP contribution in [-0.2, 0) is 14.3 Å². The first-order valence-electron chi connectivity index (χ1n) is 3.45. The molecule has 0 aliphatic rings. The molecule has 0 aromatic heterocycles. The number of rotatable bonds is 4. The zero-order chi connectivity index (χ0) is 12.2. The summed E-state index contributed by atoms with van der Waals surface area (Å²) >= 11 is 9.02. The van der Waals surface area contributed by atoms with E-state index in [1.165, 1.54) is 0 Å². The number of carbonyl (C=O) groups excluding carboxylic acids is 2. The number of aliphatic carboxylic acids is 1. The standard InChI is InChI=1S/C6H7Br3O6.Na/c7-6(8,9)1-15-5(14)3(11)2(10)4(12)13;/h2-3,10-11H,1H2,(H,12,13);/q;+1/p-1. The molecule has 0 bridgehead atoms. The van der Waals surface area contributed by atoms with Crippen LogP contribution < -0.4 is 34.7 Å². The van der Waals surface area contributed by atoms with Crippen molar-refractivity contribution in [3.63, 3.8) is 0 Å². The van der Waals surface area contributed by atoms with Gasteiger partial charge in [0.2, 0.25) is 0 Å². The van der Waals surface area contributed by atoms with Gasteiger partial charge in [-0.2, -0.15) is 0 Å². The van der Waals surface area contributed by atoms with Crippen LogP contribution in [0.5, 0.6) is 0 Å². The number of carbonyl (C=O) groups is 2. The fourth-order valence-corrected chi connectivity index (χ4v) is 0.840. The summed E-state index contributed by atoms with van der Waals surface area (Å²) in [6, 6.07) is 0. The Morgan fingerprint density at radius 3 is 2.00 bits per heavy atom. The molecule has 0 fully saturated rings. The van der Waals surface area contributed by atoms with Crippen molar-refractivity contribution in [3.05, 3.63) is 0 Å². The number of aliphatic hydroxyl groups is 2. The van der Waals surface area contributed by atoms with Crippen LogP contribution in [0.3, 0.4) is 0 Å². The van der Waals surface area contributed by atoms with Crippen molar-refractivity contribution in [2.45, 2.75) is 14.4 Å². The second-order valence-corrected chi connectivity index (χ2v) is 9.69. The van der Waals surface area contributed by atoms with Gasteiger partial charge in [-0.3, -0.25) is 0 Å². The Morgan fingerprint density at radius 2 is 1.69 bits per heavy atom. The van der Waals surface area contributed by atoms with Gasteiger partial charge in [0.05, 0.1) is 5.97 Å². The van der Waals surface area contributed by atoms with E-state index >= 15 is 0 Å². The average molecular weight is 437 g/mol. The van der Waals surface area contributed by atoms with Gasteiger partial charge in [-0.15, -0.1) is 0 Å². The second kappa shape index (κ2) is 8.41. The molecule has 0 aromatic carbocycles. The molecule has 0 aliphatic carbocycles. The van der Waals surface area contributed by atoms with E-state index in [1.54, 1.807) is 0 Å². The van der Waals surface area contributed by atoms with Crippen molar-refractivity contribution in [2.75, 3.05) is 6.61 Å². The molecular weight excluding hydrogens is 431 g/mol. The third-order valence-electron chi connectivity index (χ3n) is 1.16. The summed E-state index contributed by atoms with van der Waals surface area (Å²) in [6.45, 7) is -0.233. The number of halogens is 3. The number of alkyl halides is 3. The predicted molar refractivity (Wildman–Crippen MR) is 57.5 cm³/mol. The molecule has 0 saturated carbocycles. The van der Waals surface area contributed by atoms with E-state index in [0.717, 1.165) is 0 Å². The molecule has 2 N–H and O–H groups in total. The van der Waals surface area contributed by atoms with Crippen LogP contribution in [-0.4, -0.2) is 43.1 Å². The Hall–Kier alpha value is 1.30. The SMILES string of the molecule is O=C([O-])C(O)C(O)C(=O)OCC(Br)(Br)Br.[Na+]. The van der Waals surface area contributed by atoms with Crippen LogP contribution in [0.15, 0.2) is 0 Å². The van der Waals surface area contributed by atoms with E-state index < -0.39 is 26.3 Å². The van der Waals surface area contributed by atoms with Gasteiger partial charge < -0.3 is 24.9 Å². The van der Waals surface area contributed by atoms with Crippen molar-refractivity contribution >= 4 is 59.7 Å². The third-order valence-corrected chi connectivity index (χ3v) is 1.85. The minimum absolute atomic E-state index is 0. The number of esters is 1. The van der Waals surface area contributed by atoms with Gasteiger partial charge in [0, 0.05) is 0 Å². The predicted octanol–water partition coefficient (Wildman–Crippen LogP) is -4.16. The molecule has 0 spiro atoms. The molecule has 2 unspecified atom stereocenters. The van der Waals surface area contributed by atoms with Crippen molar-refractivity contribution in [3.8, 4) is 0 Å². The minimum atomic E-state index is -2.31. The molecule has 2 atom stereocenters. The van der Waals surface area contributed by atoms with E-state index in [1.807, 2.05) is 0 Å². The molecule has 16 heavy (non-hydrogen) atoms. The van der Waals surface area contributed by atoms with Crippen molar-refractivity contribution < 1.29 is 59.2 Å². The summed E-state index contributed by atoms with van der Waals surface area (Å²) in [7, 11) is 0. The summed E-state index contributed by atoms with van der Waals surface area (Å²) in [5.74, 6) is -3.23. The van der Waals surface area contributed by atoms with Crippen molar-refractivity contribution in [2.24, 2.45) is 0 Å². The Bertz CT molecular complexity index is 255. The summed E-state index contributed by atoms with van der Waals surface area (Å²) in [5.41, 5.74) is 0.